The van der Waals surface area contributed by atoms with E-state index in [1.807, 2.05) is 11.4 Å². The number of nitrogens with one attached hydrogen (secondary N) is 1. The van der Waals surface area contributed by atoms with Crippen LogP contribution in [0.4, 0.5) is 4.39 Å². The van der Waals surface area contributed by atoms with Crippen molar-refractivity contribution >= 4 is 27.3 Å². The van der Waals surface area contributed by atoms with Gasteiger partial charge in [0.15, 0.2) is 11.6 Å². The van der Waals surface area contributed by atoms with Crippen LogP contribution in [0.25, 0.3) is 0 Å². The van der Waals surface area contributed by atoms with Gasteiger partial charge in [-0.3, -0.25) is 0 Å². The van der Waals surface area contributed by atoms with Gasteiger partial charge in [-0.05, 0) is 45.1 Å². The minimum absolute atomic E-state index is 0.310. The first-order valence-electron chi connectivity index (χ1n) is 5.07. The van der Waals surface area contributed by atoms with Crippen LogP contribution < -0.4 is 5.32 Å². The molecule has 0 spiro atoms. The van der Waals surface area contributed by atoms with E-state index in [1.54, 1.807) is 17.4 Å². The Balaban J connectivity index is 1.90. The predicted molar refractivity (Wildman–Crippen MR) is 70.6 cm³/mol. The van der Waals surface area contributed by atoms with Crippen LogP contribution in [0.15, 0.2) is 34.1 Å². The van der Waals surface area contributed by atoms with Crippen LogP contribution in [0.5, 0.6) is 5.75 Å². The Kier molecular flexibility index (Phi) is 4.15. The number of phenols is 1. The van der Waals surface area contributed by atoms with Crippen LogP contribution in [0.1, 0.15) is 10.4 Å². The van der Waals surface area contributed by atoms with Crippen molar-refractivity contribution in [2.75, 3.05) is 0 Å². The number of rotatable bonds is 4. The van der Waals surface area contributed by atoms with E-state index in [1.165, 1.54) is 17.0 Å². The van der Waals surface area contributed by atoms with Crippen LogP contribution in [0, 0.1) is 5.82 Å². The lowest BCUT2D eigenvalue weighted by molar-refractivity contribution is 0.431. The molecular formula is C12H11BrFNOS. The maximum Gasteiger partial charge on any atom is 0.165 e. The highest BCUT2D eigenvalue weighted by Gasteiger charge is 2.03. The highest BCUT2D eigenvalue weighted by atomic mass is 79.9. The minimum atomic E-state index is -0.582. The van der Waals surface area contributed by atoms with Gasteiger partial charge < -0.3 is 10.4 Å². The summed E-state index contributed by atoms with van der Waals surface area (Å²) in [5.41, 5.74) is 0.813. The van der Waals surface area contributed by atoms with E-state index in [-0.39, 0.29) is 5.75 Å². The van der Waals surface area contributed by atoms with Gasteiger partial charge in [0.25, 0.3) is 0 Å². The van der Waals surface area contributed by atoms with E-state index in [0.29, 0.717) is 6.54 Å². The maximum atomic E-state index is 13.1. The number of phenolic OH excluding ortho intramolecular Hbond substituents is 1. The maximum absolute atomic E-state index is 13.1. The molecule has 0 aliphatic rings. The summed E-state index contributed by atoms with van der Waals surface area (Å²) in [7, 11) is 0. The Morgan fingerprint density at radius 1 is 1.29 bits per heavy atom. The second kappa shape index (κ2) is 5.62. The largest absolute Gasteiger partial charge is 0.505 e. The molecule has 0 saturated carbocycles. The molecule has 0 bridgehead atoms. The molecule has 0 unspecified atom stereocenters. The van der Waals surface area contributed by atoms with Gasteiger partial charge >= 0.3 is 0 Å². The number of thiophene rings is 1. The van der Waals surface area contributed by atoms with Gasteiger partial charge in [0.05, 0.1) is 0 Å². The third kappa shape index (κ3) is 3.28. The molecule has 0 aliphatic carbocycles. The zero-order valence-corrected chi connectivity index (χ0v) is 11.3. The summed E-state index contributed by atoms with van der Waals surface area (Å²) in [4.78, 5) is 1.21. The summed E-state index contributed by atoms with van der Waals surface area (Å²) in [5.74, 6) is -0.892. The molecule has 17 heavy (non-hydrogen) atoms. The summed E-state index contributed by atoms with van der Waals surface area (Å²) in [6, 6.07) is 6.41. The van der Waals surface area contributed by atoms with E-state index in [4.69, 9.17) is 5.11 Å². The molecule has 2 nitrogen and oxygen atoms in total. The van der Waals surface area contributed by atoms with Crippen molar-refractivity contribution in [1.82, 2.24) is 5.32 Å². The van der Waals surface area contributed by atoms with E-state index in [9.17, 15) is 4.39 Å². The quantitative estimate of drug-likeness (QED) is 0.902. The van der Waals surface area contributed by atoms with Crippen molar-refractivity contribution in [3.63, 3.8) is 0 Å². The van der Waals surface area contributed by atoms with Gasteiger partial charge in [-0.2, -0.15) is 0 Å². The fourth-order valence-corrected chi connectivity index (χ4v) is 2.89. The van der Waals surface area contributed by atoms with Crippen molar-refractivity contribution in [3.8, 4) is 5.75 Å². The van der Waals surface area contributed by atoms with Crippen molar-refractivity contribution in [2.24, 2.45) is 0 Å². The zero-order valence-electron chi connectivity index (χ0n) is 8.91. The second-order valence-corrected chi connectivity index (χ2v) is 5.44. The molecule has 2 aromatic rings. The smallest absolute Gasteiger partial charge is 0.165 e. The molecule has 0 atom stereocenters. The molecule has 0 amide bonds. The van der Waals surface area contributed by atoms with Gasteiger partial charge in [-0.1, -0.05) is 6.07 Å². The first-order chi connectivity index (χ1) is 8.16. The van der Waals surface area contributed by atoms with Crippen molar-refractivity contribution in [3.05, 3.63) is 50.4 Å². The standard InChI is InChI=1S/C12H11BrFNOS/c13-9-3-4-17-12(9)7-15-6-8-1-2-11(16)10(14)5-8/h1-5,15-16H,6-7H2. The number of aromatic hydroxyl groups is 1. The topological polar surface area (TPSA) is 32.3 Å². The molecule has 2 rings (SSSR count). The monoisotopic (exact) mass is 315 g/mol. The molecule has 1 aromatic carbocycles. The van der Waals surface area contributed by atoms with Crippen LogP contribution in [0.2, 0.25) is 0 Å². The molecule has 0 radical (unpaired) electrons. The first-order valence-corrected chi connectivity index (χ1v) is 6.74. The Bertz CT molecular complexity index is 515. The minimum Gasteiger partial charge on any atom is -0.505 e. The summed E-state index contributed by atoms with van der Waals surface area (Å²) in [6.45, 7) is 1.31. The third-order valence-electron chi connectivity index (χ3n) is 2.32. The first kappa shape index (κ1) is 12.5. The Morgan fingerprint density at radius 2 is 2.12 bits per heavy atom. The summed E-state index contributed by atoms with van der Waals surface area (Å²) < 4.78 is 14.2. The normalized spacial score (nSPS) is 10.7. The van der Waals surface area contributed by atoms with Gasteiger partial charge in [-0.15, -0.1) is 11.3 Å². The van der Waals surface area contributed by atoms with Gasteiger partial charge in [0.1, 0.15) is 0 Å². The fourth-order valence-electron chi connectivity index (χ4n) is 1.43. The second-order valence-electron chi connectivity index (χ2n) is 3.58. The number of hydrogen-bond acceptors (Lipinski definition) is 3. The van der Waals surface area contributed by atoms with Crippen LogP contribution >= 0.6 is 27.3 Å². The fraction of sp³-hybridized carbons (Fsp3) is 0.167. The van der Waals surface area contributed by atoms with Crippen molar-refractivity contribution in [1.29, 1.82) is 0 Å². The average molecular weight is 316 g/mol. The van der Waals surface area contributed by atoms with E-state index in [2.05, 4.69) is 21.2 Å². The third-order valence-corrected chi connectivity index (χ3v) is 4.24. The van der Waals surface area contributed by atoms with Crippen LogP contribution in [0.3, 0.4) is 0 Å². The average Bonchev–Trinajstić information content (AvgIpc) is 2.70. The highest BCUT2D eigenvalue weighted by molar-refractivity contribution is 9.10. The van der Waals surface area contributed by atoms with Gasteiger partial charge in [0, 0.05) is 22.4 Å². The van der Waals surface area contributed by atoms with Crippen LogP contribution in [-0.2, 0) is 13.1 Å². The summed E-state index contributed by atoms with van der Waals surface area (Å²) in [6.07, 6.45) is 0. The number of halogens is 2. The summed E-state index contributed by atoms with van der Waals surface area (Å²) in [5, 5.41) is 14.3. The van der Waals surface area contributed by atoms with Crippen LogP contribution in [-0.4, -0.2) is 5.11 Å². The molecule has 0 saturated heterocycles. The predicted octanol–water partition coefficient (Wildman–Crippen LogP) is 3.65. The van der Waals surface area contributed by atoms with Gasteiger partial charge in [-0.25, -0.2) is 4.39 Å². The number of benzene rings is 1. The zero-order chi connectivity index (χ0) is 12.3. The molecule has 0 aliphatic heterocycles. The lowest BCUT2D eigenvalue weighted by Gasteiger charge is -2.05. The van der Waals surface area contributed by atoms with E-state index < -0.39 is 5.82 Å². The lowest BCUT2D eigenvalue weighted by atomic mass is 10.2. The SMILES string of the molecule is Oc1ccc(CNCc2sccc2Br)cc1F. The Morgan fingerprint density at radius 3 is 2.76 bits per heavy atom. The van der Waals surface area contributed by atoms with Gasteiger partial charge in [0.2, 0.25) is 0 Å². The van der Waals surface area contributed by atoms with E-state index >= 15 is 0 Å². The number of hydrogen-bond donors (Lipinski definition) is 2. The molecular weight excluding hydrogens is 305 g/mol. The molecule has 1 aromatic heterocycles. The molecule has 5 heteroatoms. The summed E-state index contributed by atoms with van der Waals surface area (Å²) >= 11 is 5.12. The lowest BCUT2D eigenvalue weighted by Crippen LogP contribution is -2.12. The Hall–Kier alpha value is -0.910. The molecule has 0 fully saturated rings. The molecule has 2 N–H and O–H groups in total. The molecule has 90 valence electrons. The van der Waals surface area contributed by atoms with E-state index in [0.717, 1.165) is 16.6 Å². The van der Waals surface area contributed by atoms with Crippen molar-refractivity contribution < 1.29 is 9.50 Å². The molecule has 1 heterocycles. The highest BCUT2D eigenvalue weighted by Crippen LogP contribution is 2.22. The van der Waals surface area contributed by atoms with Crippen molar-refractivity contribution in [2.45, 2.75) is 13.1 Å². The Labute approximate surface area is 111 Å².